The quantitative estimate of drug-likeness (QED) is 0.731. The highest BCUT2D eigenvalue weighted by Gasteiger charge is 1.95. The van der Waals surface area contributed by atoms with E-state index in [4.69, 9.17) is 10.4 Å². The number of anilines is 1. The third kappa shape index (κ3) is 3.14. The van der Waals surface area contributed by atoms with E-state index in [1.165, 1.54) is 0 Å². The molecule has 0 aromatic heterocycles. The molecule has 1 unspecified atom stereocenters. The zero-order valence-electron chi connectivity index (χ0n) is 7.49. The Morgan fingerprint density at radius 1 is 1.46 bits per heavy atom. The van der Waals surface area contributed by atoms with E-state index in [0.717, 1.165) is 5.69 Å². The highest BCUT2D eigenvalue weighted by molar-refractivity contribution is 5.47. The lowest BCUT2D eigenvalue weighted by atomic mass is 10.2. The van der Waals surface area contributed by atoms with Crippen LogP contribution >= 0.6 is 0 Å². The molecule has 0 radical (unpaired) electrons. The van der Waals surface area contributed by atoms with E-state index in [1.807, 2.05) is 18.2 Å². The molecule has 0 heterocycles. The van der Waals surface area contributed by atoms with Gasteiger partial charge in [0.1, 0.15) is 0 Å². The van der Waals surface area contributed by atoms with Gasteiger partial charge in [-0.1, -0.05) is 0 Å². The Labute approximate surface area is 77.6 Å². The van der Waals surface area contributed by atoms with Gasteiger partial charge in [0, 0.05) is 12.2 Å². The molecule has 1 aromatic carbocycles. The minimum atomic E-state index is -0.365. The van der Waals surface area contributed by atoms with Crippen LogP contribution in [-0.4, -0.2) is 17.8 Å². The summed E-state index contributed by atoms with van der Waals surface area (Å²) in [5.74, 6) is 0. The molecule has 3 nitrogen and oxygen atoms in total. The summed E-state index contributed by atoms with van der Waals surface area (Å²) in [7, 11) is 0. The van der Waals surface area contributed by atoms with E-state index in [9.17, 15) is 0 Å². The first-order valence-electron chi connectivity index (χ1n) is 4.14. The standard InChI is InChI=1S/C10H12N2O/c1-8(13)7-12-10-4-2-9(6-11)3-5-10/h2-5,8,12-13H,7H2,1H3. The summed E-state index contributed by atoms with van der Waals surface area (Å²) in [4.78, 5) is 0. The second-order valence-corrected chi connectivity index (χ2v) is 2.92. The Balaban J connectivity index is 2.55. The van der Waals surface area contributed by atoms with Crippen LogP contribution < -0.4 is 5.32 Å². The van der Waals surface area contributed by atoms with Gasteiger partial charge in [-0.2, -0.15) is 5.26 Å². The molecule has 2 N–H and O–H groups in total. The lowest BCUT2D eigenvalue weighted by molar-refractivity contribution is 0.208. The number of benzene rings is 1. The second-order valence-electron chi connectivity index (χ2n) is 2.92. The second kappa shape index (κ2) is 4.48. The van der Waals surface area contributed by atoms with Gasteiger partial charge >= 0.3 is 0 Å². The Kier molecular flexibility index (Phi) is 3.30. The molecule has 0 spiro atoms. The molecule has 1 rings (SSSR count). The maximum Gasteiger partial charge on any atom is 0.0991 e. The predicted molar refractivity (Wildman–Crippen MR) is 51.3 cm³/mol. The van der Waals surface area contributed by atoms with Gasteiger partial charge in [-0.25, -0.2) is 0 Å². The van der Waals surface area contributed by atoms with Crippen molar-refractivity contribution in [3.63, 3.8) is 0 Å². The van der Waals surface area contributed by atoms with Gasteiger partial charge in [-0.15, -0.1) is 0 Å². The topological polar surface area (TPSA) is 56.0 Å². The summed E-state index contributed by atoms with van der Waals surface area (Å²) < 4.78 is 0. The van der Waals surface area contributed by atoms with E-state index >= 15 is 0 Å². The SMILES string of the molecule is CC(O)CNc1ccc(C#N)cc1. The summed E-state index contributed by atoms with van der Waals surface area (Å²) in [5, 5.41) is 20.6. The molecular formula is C10H12N2O. The summed E-state index contributed by atoms with van der Waals surface area (Å²) >= 11 is 0. The smallest absolute Gasteiger partial charge is 0.0991 e. The Morgan fingerprint density at radius 3 is 2.54 bits per heavy atom. The molecule has 0 saturated heterocycles. The molecule has 0 aliphatic carbocycles. The highest BCUT2D eigenvalue weighted by atomic mass is 16.3. The van der Waals surface area contributed by atoms with E-state index in [-0.39, 0.29) is 6.10 Å². The molecule has 0 saturated carbocycles. The molecule has 0 fully saturated rings. The van der Waals surface area contributed by atoms with Crippen LogP contribution in [0.4, 0.5) is 5.69 Å². The molecule has 1 atom stereocenters. The van der Waals surface area contributed by atoms with Crippen molar-refractivity contribution in [1.82, 2.24) is 0 Å². The van der Waals surface area contributed by atoms with Crippen molar-refractivity contribution in [2.45, 2.75) is 13.0 Å². The molecule has 0 bridgehead atoms. The van der Waals surface area contributed by atoms with Crippen LogP contribution in [0.3, 0.4) is 0 Å². The van der Waals surface area contributed by atoms with Crippen molar-refractivity contribution >= 4 is 5.69 Å². The molecular weight excluding hydrogens is 164 g/mol. The van der Waals surface area contributed by atoms with Gasteiger partial charge in [-0.05, 0) is 31.2 Å². The normalized spacial score (nSPS) is 11.8. The molecule has 0 amide bonds. The average molecular weight is 176 g/mol. The van der Waals surface area contributed by atoms with Crippen LogP contribution in [0.5, 0.6) is 0 Å². The van der Waals surface area contributed by atoms with E-state index in [1.54, 1.807) is 19.1 Å². The molecule has 1 aromatic rings. The molecule has 13 heavy (non-hydrogen) atoms. The number of aliphatic hydroxyl groups excluding tert-OH is 1. The number of nitriles is 1. The number of hydrogen-bond donors (Lipinski definition) is 2. The first-order valence-corrected chi connectivity index (χ1v) is 4.14. The van der Waals surface area contributed by atoms with Gasteiger partial charge in [0.05, 0.1) is 17.7 Å². The van der Waals surface area contributed by atoms with Crippen LogP contribution in [0.1, 0.15) is 12.5 Å². The maximum atomic E-state index is 9.00. The minimum Gasteiger partial charge on any atom is -0.392 e. The van der Waals surface area contributed by atoms with Crippen molar-refractivity contribution in [1.29, 1.82) is 5.26 Å². The minimum absolute atomic E-state index is 0.365. The highest BCUT2D eigenvalue weighted by Crippen LogP contribution is 2.08. The van der Waals surface area contributed by atoms with Crippen molar-refractivity contribution in [3.05, 3.63) is 29.8 Å². The lowest BCUT2D eigenvalue weighted by Gasteiger charge is -2.07. The maximum absolute atomic E-state index is 9.00. The van der Waals surface area contributed by atoms with E-state index < -0.39 is 0 Å². The van der Waals surface area contributed by atoms with Gasteiger partial charge in [0.2, 0.25) is 0 Å². The first-order chi connectivity index (χ1) is 6.22. The third-order valence-corrected chi connectivity index (χ3v) is 1.62. The number of rotatable bonds is 3. The zero-order valence-corrected chi connectivity index (χ0v) is 7.49. The number of nitrogens with one attached hydrogen (secondary N) is 1. The van der Waals surface area contributed by atoms with E-state index in [2.05, 4.69) is 5.32 Å². The van der Waals surface area contributed by atoms with Crippen LogP contribution in [0.25, 0.3) is 0 Å². The Bertz CT molecular complexity index is 298. The Morgan fingerprint density at radius 2 is 2.08 bits per heavy atom. The summed E-state index contributed by atoms with van der Waals surface area (Å²) in [6, 6.07) is 9.16. The molecule has 0 aliphatic heterocycles. The average Bonchev–Trinajstić information content (AvgIpc) is 2.15. The summed E-state index contributed by atoms with van der Waals surface area (Å²) in [6.07, 6.45) is -0.365. The van der Waals surface area contributed by atoms with Gasteiger partial charge in [0.25, 0.3) is 0 Å². The number of nitrogens with zero attached hydrogens (tertiary/aromatic N) is 1. The third-order valence-electron chi connectivity index (χ3n) is 1.62. The number of aliphatic hydroxyl groups is 1. The van der Waals surface area contributed by atoms with Crippen LogP contribution in [0, 0.1) is 11.3 Å². The Hall–Kier alpha value is -1.53. The first kappa shape index (κ1) is 9.56. The monoisotopic (exact) mass is 176 g/mol. The van der Waals surface area contributed by atoms with Crippen molar-refractivity contribution in [2.24, 2.45) is 0 Å². The van der Waals surface area contributed by atoms with Crippen LogP contribution in [0.15, 0.2) is 24.3 Å². The zero-order chi connectivity index (χ0) is 9.68. The van der Waals surface area contributed by atoms with Gasteiger partial charge in [-0.3, -0.25) is 0 Å². The van der Waals surface area contributed by atoms with Crippen molar-refractivity contribution < 1.29 is 5.11 Å². The van der Waals surface area contributed by atoms with Crippen molar-refractivity contribution in [2.75, 3.05) is 11.9 Å². The fourth-order valence-corrected chi connectivity index (χ4v) is 0.928. The molecule has 68 valence electrons. The molecule has 3 heteroatoms. The van der Waals surface area contributed by atoms with Crippen LogP contribution in [-0.2, 0) is 0 Å². The van der Waals surface area contributed by atoms with Gasteiger partial charge in [0.15, 0.2) is 0 Å². The molecule has 0 aliphatic rings. The van der Waals surface area contributed by atoms with Crippen LogP contribution in [0.2, 0.25) is 0 Å². The van der Waals surface area contributed by atoms with E-state index in [0.29, 0.717) is 12.1 Å². The largest absolute Gasteiger partial charge is 0.392 e. The summed E-state index contributed by atoms with van der Waals surface area (Å²) in [5.41, 5.74) is 1.56. The number of hydrogen-bond acceptors (Lipinski definition) is 3. The predicted octanol–water partition coefficient (Wildman–Crippen LogP) is 1.35. The fraction of sp³-hybridized carbons (Fsp3) is 0.300. The van der Waals surface area contributed by atoms with Gasteiger partial charge < -0.3 is 10.4 Å². The lowest BCUT2D eigenvalue weighted by Crippen LogP contribution is -2.15. The van der Waals surface area contributed by atoms with Crippen molar-refractivity contribution in [3.8, 4) is 6.07 Å². The fourth-order valence-electron chi connectivity index (χ4n) is 0.928. The summed E-state index contributed by atoms with van der Waals surface area (Å²) in [6.45, 7) is 2.24.